The first kappa shape index (κ1) is 51.1. The molecule has 0 radical (unpaired) electrons. The number of rotatable bonds is 25. The summed E-state index contributed by atoms with van der Waals surface area (Å²) in [5.41, 5.74) is 9.28. The summed E-state index contributed by atoms with van der Waals surface area (Å²) in [5, 5.41) is 36.0. The van der Waals surface area contributed by atoms with Crippen molar-refractivity contribution in [1.82, 2.24) is 81.7 Å². The van der Waals surface area contributed by atoms with Crippen LogP contribution in [0.4, 0.5) is 0 Å². The smallest absolute Gasteiger partial charge is 0.326 e. The van der Waals surface area contributed by atoms with Crippen LogP contribution in [0.3, 0.4) is 0 Å². The third-order valence-corrected chi connectivity index (χ3v) is 11.9. The highest BCUT2D eigenvalue weighted by molar-refractivity contribution is 5.98. The van der Waals surface area contributed by atoms with E-state index in [4.69, 9.17) is 5.73 Å². The van der Waals surface area contributed by atoms with Gasteiger partial charge in [0.05, 0.1) is 67.3 Å². The number of aliphatic hydroxyl groups excluding tert-OH is 1. The van der Waals surface area contributed by atoms with Crippen LogP contribution in [0.25, 0.3) is 10.9 Å². The predicted molar refractivity (Wildman–Crippen MR) is 251 cm³/mol. The zero-order chi connectivity index (χ0) is 51.1. The minimum absolute atomic E-state index is 0.0570. The van der Waals surface area contributed by atoms with Crippen LogP contribution in [0.1, 0.15) is 41.2 Å². The summed E-state index contributed by atoms with van der Waals surface area (Å²) in [6.45, 7) is -1.52. The number of nitrogens with zero attached hydrogens (tertiary/aromatic N) is 5. The molecule has 1 aliphatic rings. The molecule has 6 heterocycles. The number of aliphatic hydroxyl groups is 1. The highest BCUT2D eigenvalue weighted by Crippen LogP contribution is 2.21. The van der Waals surface area contributed by atoms with Gasteiger partial charge in [0.25, 0.3) is 0 Å². The molecule has 27 nitrogen and oxygen atoms in total. The normalized spacial score (nSPS) is 15.9. The van der Waals surface area contributed by atoms with Gasteiger partial charge in [-0.25, -0.2) is 24.7 Å². The van der Waals surface area contributed by atoms with Crippen LogP contribution in [0, 0.1) is 0 Å². The van der Waals surface area contributed by atoms with Crippen molar-refractivity contribution in [2.45, 2.75) is 87.2 Å². The van der Waals surface area contributed by atoms with E-state index in [0.717, 1.165) is 10.9 Å². The Labute approximate surface area is 409 Å². The third kappa shape index (κ3) is 13.5. The Hall–Kier alpha value is -8.72. The van der Waals surface area contributed by atoms with Gasteiger partial charge in [-0.3, -0.25) is 33.6 Å². The monoisotopic (exact) mass is 993 g/mol. The Balaban J connectivity index is 0.999. The Morgan fingerprint density at radius 3 is 1.74 bits per heavy atom. The maximum absolute atomic E-state index is 14.5. The zero-order valence-electron chi connectivity index (χ0n) is 38.6. The van der Waals surface area contributed by atoms with Crippen LogP contribution < -0.4 is 37.6 Å². The van der Waals surface area contributed by atoms with Gasteiger partial charge in [0.1, 0.15) is 36.3 Å². The van der Waals surface area contributed by atoms with Gasteiger partial charge < -0.3 is 77.7 Å². The largest absolute Gasteiger partial charge is 0.480 e. The summed E-state index contributed by atoms with van der Waals surface area (Å²) in [7, 11) is 0. The second-order valence-electron chi connectivity index (χ2n) is 17.0. The van der Waals surface area contributed by atoms with Crippen molar-refractivity contribution in [1.29, 1.82) is 0 Å². The number of carbonyl (C=O) groups excluding carboxylic acids is 7. The number of fused-ring (bicyclic) bond motifs is 1. The van der Waals surface area contributed by atoms with E-state index in [2.05, 4.69) is 76.8 Å². The number of benzene rings is 1. The van der Waals surface area contributed by atoms with E-state index in [-0.39, 0.29) is 45.1 Å². The Kier molecular flexibility index (Phi) is 17.2. The molecule has 1 aliphatic heterocycles. The number of carboxylic acid groups (broad SMARTS) is 1. The molecular formula is C45H55N17O10. The molecular weight excluding hydrogens is 939 g/mol. The van der Waals surface area contributed by atoms with Crippen molar-refractivity contribution in [3.8, 4) is 0 Å². The molecule has 0 aliphatic carbocycles. The minimum Gasteiger partial charge on any atom is -0.480 e. The van der Waals surface area contributed by atoms with Gasteiger partial charge in [-0.2, -0.15) is 0 Å². The summed E-state index contributed by atoms with van der Waals surface area (Å²) in [6, 6.07) is -1.98. The molecule has 72 heavy (non-hydrogen) atoms. The summed E-state index contributed by atoms with van der Waals surface area (Å²) in [4.78, 5) is 141. The predicted octanol–water partition coefficient (Wildman–Crippen LogP) is -3.49. The van der Waals surface area contributed by atoms with Crippen molar-refractivity contribution in [2.75, 3.05) is 19.7 Å². The number of amides is 7. The van der Waals surface area contributed by atoms with Gasteiger partial charge in [0, 0.05) is 80.5 Å². The molecule has 1 saturated heterocycles. The molecule has 0 saturated carbocycles. The zero-order valence-corrected chi connectivity index (χ0v) is 38.6. The Bertz CT molecular complexity index is 2780. The molecule has 0 spiro atoms. The van der Waals surface area contributed by atoms with Crippen molar-refractivity contribution >= 4 is 58.2 Å². The van der Waals surface area contributed by atoms with E-state index in [1.54, 1.807) is 18.5 Å². The van der Waals surface area contributed by atoms with E-state index >= 15 is 0 Å². The maximum atomic E-state index is 14.5. The third-order valence-electron chi connectivity index (χ3n) is 11.9. The second kappa shape index (κ2) is 24.2. The quantitative estimate of drug-likeness (QED) is 0.0265. The van der Waals surface area contributed by atoms with E-state index in [9.17, 15) is 48.6 Å². The highest BCUT2D eigenvalue weighted by atomic mass is 16.4. The molecule has 7 atom stereocenters. The fraction of sp³-hybridized carbons (Fsp3) is 0.378. The summed E-state index contributed by atoms with van der Waals surface area (Å²) in [6.07, 6.45) is 13.4. The van der Waals surface area contributed by atoms with Crippen molar-refractivity contribution in [2.24, 2.45) is 5.73 Å². The van der Waals surface area contributed by atoms with Crippen LogP contribution in [-0.4, -0.2) is 169 Å². The van der Waals surface area contributed by atoms with Crippen molar-refractivity contribution in [3.05, 3.63) is 109 Å². The van der Waals surface area contributed by atoms with Crippen LogP contribution in [0.5, 0.6) is 0 Å². The van der Waals surface area contributed by atoms with Crippen LogP contribution >= 0.6 is 0 Å². The standard InChI is InChI=1S/C45H55N17O10/c46-30(9-25-14-47-20-53-25)39(65)58-32(10-26-15-48-21-54-26)41(67)59-33(11-27-16-49-22-55-27)42(68)60-34(12-28-17-50-23-56-28)44(70)62-7-3-6-37(62)43(69)61-36(19-63)40(66)52-18-38(64)57-35(45(71)72)8-24-13-51-31-5-2-1-4-29(24)31/h1-2,4-5,13-17,20-23,30,32-37,51,63H,3,6-12,18-19,46H2,(H,47,53)(H,48,54)(H,49,55)(H,50,56)(H,52,66)(H,57,64)(H,58,65)(H,59,67)(H,60,68)(H,61,69)(H,71,72)/t30-,32-,33-,34-,35-,36-,37-/m0/s1. The number of likely N-dealkylation sites (tertiary alicyclic amines) is 1. The van der Waals surface area contributed by atoms with Crippen LogP contribution in [-0.2, 0) is 70.5 Å². The molecule has 7 amide bonds. The number of aromatic amines is 5. The number of nitrogens with one attached hydrogen (secondary N) is 11. The fourth-order valence-electron chi connectivity index (χ4n) is 8.22. The molecule has 27 heteroatoms. The minimum atomic E-state index is -1.58. The molecule has 380 valence electrons. The molecule has 1 aromatic carbocycles. The lowest BCUT2D eigenvalue weighted by Gasteiger charge is -2.30. The number of nitrogens with two attached hydrogens (primary N) is 1. The number of hydrogen-bond acceptors (Lipinski definition) is 14. The number of carbonyl (C=O) groups is 8. The van der Waals surface area contributed by atoms with Crippen molar-refractivity contribution in [3.63, 3.8) is 0 Å². The SMILES string of the molecule is N[C@@H](Cc1c[nH]cn1)C(=O)N[C@@H](Cc1c[nH]cn1)C(=O)N[C@@H](Cc1c[nH]cn1)C(=O)N[C@@H](Cc1c[nH]cn1)C(=O)N1CCC[C@H]1C(=O)N[C@@H](CO)C(=O)NCC(=O)N[C@@H](Cc1c[nH]c2ccccc12)C(=O)O. The fourth-order valence-corrected chi connectivity index (χ4v) is 8.22. The molecule has 0 unspecified atom stereocenters. The lowest BCUT2D eigenvalue weighted by molar-refractivity contribution is -0.142. The van der Waals surface area contributed by atoms with E-state index in [1.807, 2.05) is 18.2 Å². The van der Waals surface area contributed by atoms with E-state index in [1.165, 1.54) is 48.8 Å². The average Bonchev–Trinajstić information content (AvgIpc) is 4.24. The van der Waals surface area contributed by atoms with Gasteiger partial charge in [-0.1, -0.05) is 18.2 Å². The number of carboxylic acids is 1. The topological polar surface area (TPSA) is 409 Å². The lowest BCUT2D eigenvalue weighted by Crippen LogP contribution is -2.60. The van der Waals surface area contributed by atoms with E-state index < -0.39 is 103 Å². The highest BCUT2D eigenvalue weighted by Gasteiger charge is 2.40. The second-order valence-corrected chi connectivity index (χ2v) is 17.0. The number of aliphatic carboxylic acids is 1. The van der Waals surface area contributed by atoms with Crippen molar-refractivity contribution < 1.29 is 48.6 Å². The maximum Gasteiger partial charge on any atom is 0.326 e. The molecule has 6 aromatic rings. The molecule has 7 rings (SSSR count). The van der Waals surface area contributed by atoms with Crippen LogP contribution in [0.15, 0.2) is 80.6 Å². The first-order valence-corrected chi connectivity index (χ1v) is 22.9. The number of H-pyrrole nitrogens is 5. The number of para-hydroxylation sites is 1. The Morgan fingerprint density at radius 1 is 0.639 bits per heavy atom. The van der Waals surface area contributed by atoms with Gasteiger partial charge in [0.2, 0.25) is 41.4 Å². The van der Waals surface area contributed by atoms with Gasteiger partial charge in [-0.05, 0) is 24.5 Å². The number of aromatic nitrogens is 9. The average molecular weight is 994 g/mol. The molecule has 1 fully saturated rings. The van der Waals surface area contributed by atoms with Crippen LogP contribution in [0.2, 0.25) is 0 Å². The van der Waals surface area contributed by atoms with Gasteiger partial charge in [0.15, 0.2) is 0 Å². The van der Waals surface area contributed by atoms with Gasteiger partial charge >= 0.3 is 5.97 Å². The summed E-state index contributed by atoms with van der Waals surface area (Å²) < 4.78 is 0. The molecule has 5 aromatic heterocycles. The number of hydrogen-bond donors (Lipinski definition) is 14. The molecule has 0 bridgehead atoms. The van der Waals surface area contributed by atoms with E-state index in [0.29, 0.717) is 34.8 Å². The summed E-state index contributed by atoms with van der Waals surface area (Å²) >= 11 is 0. The van der Waals surface area contributed by atoms with Gasteiger partial charge in [-0.15, -0.1) is 0 Å². The first-order chi connectivity index (χ1) is 34.8. The Morgan fingerprint density at radius 2 is 1.18 bits per heavy atom. The summed E-state index contributed by atoms with van der Waals surface area (Å²) in [5.74, 6) is -6.91. The lowest BCUT2D eigenvalue weighted by atomic mass is 10.0. The molecule has 15 N–H and O–H groups in total. The first-order valence-electron chi connectivity index (χ1n) is 22.9. The number of imidazole rings is 4.